The zero-order chi connectivity index (χ0) is 13.2. The number of carbonyl (C=O) groups is 1. The molecule has 3 heteroatoms. The first kappa shape index (κ1) is 11.8. The SMILES string of the molecule is COc1cccc2c1C(c1ccccc1)CC(=O)N2. The number of nitrogens with one attached hydrogen (secondary N) is 1. The highest BCUT2D eigenvalue weighted by Crippen LogP contribution is 2.42. The summed E-state index contributed by atoms with van der Waals surface area (Å²) in [5.74, 6) is 0.932. The second-order valence-corrected chi connectivity index (χ2v) is 4.64. The van der Waals surface area contributed by atoms with Crippen LogP contribution in [0, 0.1) is 0 Å². The number of ether oxygens (including phenoxy) is 1. The second kappa shape index (κ2) is 4.76. The van der Waals surface area contributed by atoms with Crippen LogP contribution in [0.3, 0.4) is 0 Å². The Bertz CT molecular complexity index is 607. The van der Waals surface area contributed by atoms with Gasteiger partial charge in [0.15, 0.2) is 0 Å². The van der Waals surface area contributed by atoms with Crippen LogP contribution in [-0.4, -0.2) is 13.0 Å². The molecule has 2 aromatic rings. The largest absolute Gasteiger partial charge is 0.496 e. The van der Waals surface area contributed by atoms with Gasteiger partial charge in [-0.15, -0.1) is 0 Å². The number of benzene rings is 2. The van der Waals surface area contributed by atoms with Crippen molar-refractivity contribution < 1.29 is 9.53 Å². The summed E-state index contributed by atoms with van der Waals surface area (Å²) >= 11 is 0. The minimum absolute atomic E-state index is 0.0506. The van der Waals surface area contributed by atoms with Crippen LogP contribution in [-0.2, 0) is 4.79 Å². The van der Waals surface area contributed by atoms with E-state index < -0.39 is 0 Å². The first-order chi connectivity index (χ1) is 9.29. The standard InChI is InChI=1S/C16H15NO2/c1-19-14-9-5-8-13-16(14)12(10-15(18)17-13)11-6-3-2-4-7-11/h2-9,12H,10H2,1H3,(H,17,18). The summed E-state index contributed by atoms with van der Waals surface area (Å²) in [7, 11) is 1.66. The Hall–Kier alpha value is -2.29. The second-order valence-electron chi connectivity index (χ2n) is 4.64. The van der Waals surface area contributed by atoms with Crippen molar-refractivity contribution in [3.63, 3.8) is 0 Å². The Morgan fingerprint density at radius 3 is 2.63 bits per heavy atom. The highest BCUT2D eigenvalue weighted by atomic mass is 16.5. The molecule has 0 aromatic heterocycles. The minimum atomic E-state index is 0.0506. The molecule has 1 atom stereocenters. The lowest BCUT2D eigenvalue weighted by molar-refractivity contribution is -0.116. The lowest BCUT2D eigenvalue weighted by Crippen LogP contribution is -2.24. The highest BCUT2D eigenvalue weighted by molar-refractivity contribution is 5.96. The monoisotopic (exact) mass is 253 g/mol. The molecular formula is C16H15NO2. The van der Waals surface area contributed by atoms with Gasteiger partial charge in [0.25, 0.3) is 0 Å². The van der Waals surface area contributed by atoms with Crippen LogP contribution >= 0.6 is 0 Å². The lowest BCUT2D eigenvalue weighted by Gasteiger charge is -2.27. The zero-order valence-electron chi connectivity index (χ0n) is 10.7. The van der Waals surface area contributed by atoms with Gasteiger partial charge in [-0.05, 0) is 17.7 Å². The van der Waals surface area contributed by atoms with Gasteiger partial charge in [-0.25, -0.2) is 0 Å². The number of amides is 1. The van der Waals surface area contributed by atoms with Crippen LogP contribution in [0.2, 0.25) is 0 Å². The van der Waals surface area contributed by atoms with Crippen molar-refractivity contribution in [2.24, 2.45) is 0 Å². The van der Waals surface area contributed by atoms with Gasteiger partial charge in [0.2, 0.25) is 5.91 Å². The molecule has 0 bridgehead atoms. The van der Waals surface area contributed by atoms with E-state index in [1.54, 1.807) is 7.11 Å². The molecule has 1 N–H and O–H groups in total. The van der Waals surface area contributed by atoms with Gasteiger partial charge >= 0.3 is 0 Å². The molecule has 3 rings (SSSR count). The molecule has 1 unspecified atom stereocenters. The number of rotatable bonds is 2. The third-order valence-electron chi connectivity index (χ3n) is 3.50. The molecule has 1 aliphatic heterocycles. The van der Waals surface area contributed by atoms with Crippen LogP contribution in [0.4, 0.5) is 5.69 Å². The number of methoxy groups -OCH3 is 1. The topological polar surface area (TPSA) is 38.3 Å². The van der Waals surface area contributed by atoms with Crippen LogP contribution in [0.15, 0.2) is 48.5 Å². The maximum Gasteiger partial charge on any atom is 0.225 e. The molecule has 0 saturated heterocycles. The molecule has 0 fully saturated rings. The van der Waals surface area contributed by atoms with Gasteiger partial charge in [0.1, 0.15) is 5.75 Å². The van der Waals surface area contributed by atoms with E-state index in [1.165, 1.54) is 0 Å². The van der Waals surface area contributed by atoms with Crippen molar-refractivity contribution >= 4 is 11.6 Å². The Balaban J connectivity index is 2.16. The Kier molecular flexibility index (Phi) is 2.95. The fraction of sp³-hybridized carbons (Fsp3) is 0.188. The van der Waals surface area contributed by atoms with Crippen molar-refractivity contribution in [2.75, 3.05) is 12.4 Å². The smallest absolute Gasteiger partial charge is 0.225 e. The van der Waals surface area contributed by atoms with E-state index in [2.05, 4.69) is 17.4 Å². The number of carbonyl (C=O) groups excluding carboxylic acids is 1. The number of fused-ring (bicyclic) bond motifs is 1. The number of hydrogen-bond acceptors (Lipinski definition) is 2. The van der Waals surface area contributed by atoms with Crippen LogP contribution in [0.25, 0.3) is 0 Å². The molecule has 2 aromatic carbocycles. The maximum atomic E-state index is 11.9. The van der Waals surface area contributed by atoms with Crippen LogP contribution < -0.4 is 10.1 Å². The van der Waals surface area contributed by atoms with E-state index in [9.17, 15) is 4.79 Å². The Morgan fingerprint density at radius 1 is 1.11 bits per heavy atom. The summed E-state index contributed by atoms with van der Waals surface area (Å²) in [6, 6.07) is 15.8. The van der Waals surface area contributed by atoms with Crippen LogP contribution in [0.1, 0.15) is 23.5 Å². The van der Waals surface area contributed by atoms with Crippen molar-refractivity contribution in [2.45, 2.75) is 12.3 Å². The van der Waals surface area contributed by atoms with Crippen molar-refractivity contribution in [1.82, 2.24) is 0 Å². The number of hydrogen-bond donors (Lipinski definition) is 1. The van der Waals surface area contributed by atoms with Crippen molar-refractivity contribution in [3.8, 4) is 5.75 Å². The first-order valence-electron chi connectivity index (χ1n) is 6.31. The molecule has 0 saturated carbocycles. The molecule has 0 radical (unpaired) electrons. The third-order valence-corrected chi connectivity index (χ3v) is 3.50. The molecule has 1 heterocycles. The first-order valence-corrected chi connectivity index (χ1v) is 6.31. The zero-order valence-corrected chi connectivity index (χ0v) is 10.7. The molecule has 1 aliphatic rings. The van der Waals surface area contributed by atoms with Gasteiger partial charge in [0.05, 0.1) is 7.11 Å². The molecule has 19 heavy (non-hydrogen) atoms. The molecule has 3 nitrogen and oxygen atoms in total. The molecule has 0 aliphatic carbocycles. The fourth-order valence-corrected chi connectivity index (χ4v) is 2.65. The summed E-state index contributed by atoms with van der Waals surface area (Å²) < 4.78 is 5.45. The lowest BCUT2D eigenvalue weighted by atomic mass is 9.84. The summed E-state index contributed by atoms with van der Waals surface area (Å²) in [4.78, 5) is 11.9. The van der Waals surface area contributed by atoms with Gasteiger partial charge < -0.3 is 10.1 Å². The van der Waals surface area contributed by atoms with Gasteiger partial charge in [-0.3, -0.25) is 4.79 Å². The third kappa shape index (κ3) is 2.08. The van der Waals surface area contributed by atoms with E-state index >= 15 is 0 Å². The normalized spacial score (nSPS) is 17.5. The summed E-state index contributed by atoms with van der Waals surface area (Å²) in [6.07, 6.45) is 0.456. The highest BCUT2D eigenvalue weighted by Gasteiger charge is 2.29. The summed E-state index contributed by atoms with van der Waals surface area (Å²) in [6.45, 7) is 0. The Labute approximate surface area is 112 Å². The number of anilines is 1. The minimum Gasteiger partial charge on any atom is -0.496 e. The van der Waals surface area contributed by atoms with E-state index in [4.69, 9.17) is 4.74 Å². The molecular weight excluding hydrogens is 238 g/mol. The predicted octanol–water partition coefficient (Wildman–Crippen LogP) is 3.17. The van der Waals surface area contributed by atoms with E-state index in [-0.39, 0.29) is 11.8 Å². The van der Waals surface area contributed by atoms with Gasteiger partial charge in [-0.1, -0.05) is 36.4 Å². The summed E-state index contributed by atoms with van der Waals surface area (Å²) in [5.41, 5.74) is 3.06. The van der Waals surface area contributed by atoms with Gasteiger partial charge in [0, 0.05) is 23.6 Å². The molecule has 1 amide bonds. The maximum absolute atomic E-state index is 11.9. The fourth-order valence-electron chi connectivity index (χ4n) is 2.65. The van der Waals surface area contributed by atoms with Gasteiger partial charge in [-0.2, -0.15) is 0 Å². The summed E-state index contributed by atoms with van der Waals surface area (Å²) in [5, 5.41) is 2.92. The average Bonchev–Trinajstić information content (AvgIpc) is 2.46. The quantitative estimate of drug-likeness (QED) is 0.892. The van der Waals surface area contributed by atoms with Crippen molar-refractivity contribution in [3.05, 3.63) is 59.7 Å². The van der Waals surface area contributed by atoms with E-state index in [0.29, 0.717) is 6.42 Å². The average molecular weight is 253 g/mol. The van der Waals surface area contributed by atoms with Crippen molar-refractivity contribution in [1.29, 1.82) is 0 Å². The van der Waals surface area contributed by atoms with Crippen LogP contribution in [0.5, 0.6) is 5.75 Å². The van der Waals surface area contributed by atoms with E-state index in [1.807, 2.05) is 36.4 Å². The molecule has 0 spiro atoms. The molecule has 96 valence electrons. The predicted molar refractivity (Wildman–Crippen MR) is 74.5 cm³/mol. The van der Waals surface area contributed by atoms with E-state index in [0.717, 1.165) is 22.6 Å². The Morgan fingerprint density at radius 2 is 1.89 bits per heavy atom.